The van der Waals surface area contributed by atoms with E-state index >= 15 is 0 Å². The van der Waals surface area contributed by atoms with Crippen LogP contribution in [0.4, 0.5) is 5.69 Å². The van der Waals surface area contributed by atoms with Gasteiger partial charge in [0.05, 0.1) is 5.75 Å². The lowest BCUT2D eigenvalue weighted by atomic mass is 10.1. The SMILES string of the molecule is C=CCn1c(SCC(=O)Nc2cccc3ccccc23)nnc1C(C)Oc1cccc(Cl)c1. The predicted molar refractivity (Wildman–Crippen MR) is 134 cm³/mol. The number of thioether (sulfide) groups is 1. The van der Waals surface area contributed by atoms with Crippen LogP contribution in [0.25, 0.3) is 10.8 Å². The summed E-state index contributed by atoms with van der Waals surface area (Å²) in [6.07, 6.45) is 1.40. The number of rotatable bonds is 9. The molecule has 33 heavy (non-hydrogen) atoms. The summed E-state index contributed by atoms with van der Waals surface area (Å²) in [6, 6.07) is 21.0. The molecule has 0 radical (unpaired) electrons. The maximum absolute atomic E-state index is 12.7. The minimum atomic E-state index is -0.366. The first-order valence-electron chi connectivity index (χ1n) is 10.4. The van der Waals surface area contributed by atoms with Crippen LogP contribution in [-0.2, 0) is 11.3 Å². The molecule has 0 fully saturated rings. The van der Waals surface area contributed by atoms with Gasteiger partial charge < -0.3 is 10.1 Å². The number of carbonyl (C=O) groups excluding carboxylic acids is 1. The molecule has 1 amide bonds. The summed E-state index contributed by atoms with van der Waals surface area (Å²) in [5.74, 6) is 1.37. The van der Waals surface area contributed by atoms with Gasteiger partial charge in [-0.15, -0.1) is 16.8 Å². The number of anilines is 1. The van der Waals surface area contributed by atoms with Gasteiger partial charge in [-0.25, -0.2) is 0 Å². The van der Waals surface area contributed by atoms with Crippen LogP contribution >= 0.6 is 23.4 Å². The third kappa shape index (κ3) is 5.56. The van der Waals surface area contributed by atoms with Gasteiger partial charge in [-0.2, -0.15) is 0 Å². The zero-order chi connectivity index (χ0) is 23.2. The highest BCUT2D eigenvalue weighted by molar-refractivity contribution is 7.99. The Balaban J connectivity index is 1.45. The van der Waals surface area contributed by atoms with E-state index in [1.807, 2.05) is 66.1 Å². The van der Waals surface area contributed by atoms with Crippen molar-refractivity contribution in [2.75, 3.05) is 11.1 Å². The summed E-state index contributed by atoms with van der Waals surface area (Å²) in [4.78, 5) is 12.7. The Hall–Kier alpha value is -3.29. The van der Waals surface area contributed by atoms with E-state index in [9.17, 15) is 4.79 Å². The fraction of sp³-hybridized carbons (Fsp3) is 0.160. The van der Waals surface area contributed by atoms with Crippen LogP contribution < -0.4 is 10.1 Å². The third-order valence-electron chi connectivity index (χ3n) is 4.93. The Bertz CT molecular complexity index is 1290. The number of benzene rings is 3. The fourth-order valence-electron chi connectivity index (χ4n) is 3.46. The zero-order valence-corrected chi connectivity index (χ0v) is 19.6. The van der Waals surface area contributed by atoms with Crippen molar-refractivity contribution in [1.82, 2.24) is 14.8 Å². The quantitative estimate of drug-likeness (QED) is 0.231. The van der Waals surface area contributed by atoms with Crippen LogP contribution in [0.3, 0.4) is 0 Å². The molecule has 0 spiro atoms. The van der Waals surface area contributed by atoms with E-state index in [-0.39, 0.29) is 17.8 Å². The summed E-state index contributed by atoms with van der Waals surface area (Å²) in [5.41, 5.74) is 0.787. The molecule has 168 valence electrons. The standard InChI is InChI=1S/C25H23ClN4O2S/c1-3-14-30-24(17(2)32-20-11-7-10-19(26)15-20)28-29-25(30)33-16-23(31)27-22-13-6-9-18-8-4-5-12-21(18)22/h3-13,15,17H,1,14,16H2,2H3,(H,27,31). The molecule has 0 aliphatic carbocycles. The van der Waals surface area contributed by atoms with Crippen LogP contribution in [-0.4, -0.2) is 26.4 Å². The first-order valence-corrected chi connectivity index (χ1v) is 11.8. The molecule has 4 aromatic rings. The number of nitrogens with one attached hydrogen (secondary N) is 1. The van der Waals surface area contributed by atoms with Crippen molar-refractivity contribution in [3.05, 3.63) is 90.2 Å². The zero-order valence-electron chi connectivity index (χ0n) is 18.1. The molecule has 0 saturated carbocycles. The van der Waals surface area contributed by atoms with Crippen LogP contribution in [0, 0.1) is 0 Å². The predicted octanol–water partition coefficient (Wildman–Crippen LogP) is 6.14. The molecule has 3 aromatic carbocycles. The smallest absolute Gasteiger partial charge is 0.234 e. The number of halogens is 1. The van der Waals surface area contributed by atoms with E-state index in [1.165, 1.54) is 11.8 Å². The van der Waals surface area contributed by atoms with Crippen LogP contribution in [0.5, 0.6) is 5.75 Å². The third-order valence-corrected chi connectivity index (χ3v) is 6.13. The number of nitrogens with zero attached hydrogens (tertiary/aromatic N) is 3. The minimum Gasteiger partial charge on any atom is -0.483 e. The van der Waals surface area contributed by atoms with Crippen molar-refractivity contribution in [2.24, 2.45) is 0 Å². The highest BCUT2D eigenvalue weighted by Gasteiger charge is 2.20. The molecule has 1 atom stereocenters. The first kappa shape index (κ1) is 22.9. The number of ether oxygens (including phenoxy) is 1. The number of carbonyl (C=O) groups is 1. The van der Waals surface area contributed by atoms with Crippen molar-refractivity contribution >= 4 is 45.7 Å². The normalized spacial score (nSPS) is 11.8. The summed E-state index contributed by atoms with van der Waals surface area (Å²) < 4.78 is 7.90. The number of hydrogen-bond acceptors (Lipinski definition) is 5. The Labute approximate surface area is 201 Å². The number of aromatic nitrogens is 3. The van der Waals surface area contributed by atoms with Gasteiger partial charge in [0.25, 0.3) is 0 Å². The van der Waals surface area contributed by atoms with Gasteiger partial charge in [-0.3, -0.25) is 9.36 Å². The highest BCUT2D eigenvalue weighted by atomic mass is 35.5. The Morgan fingerprint density at radius 3 is 2.79 bits per heavy atom. The molecule has 1 unspecified atom stereocenters. The molecular weight excluding hydrogens is 456 g/mol. The van der Waals surface area contributed by atoms with Crippen molar-refractivity contribution in [2.45, 2.75) is 24.7 Å². The highest BCUT2D eigenvalue weighted by Crippen LogP contribution is 2.27. The maximum Gasteiger partial charge on any atom is 0.234 e. The molecular formula is C25H23ClN4O2S. The van der Waals surface area contributed by atoms with Crippen LogP contribution in [0.15, 0.2) is 84.5 Å². The molecule has 0 bridgehead atoms. The lowest BCUT2D eigenvalue weighted by Crippen LogP contribution is -2.15. The number of hydrogen-bond donors (Lipinski definition) is 1. The second kappa shape index (κ2) is 10.6. The van der Waals surface area contributed by atoms with E-state index in [4.69, 9.17) is 16.3 Å². The Kier molecular flexibility index (Phi) is 7.32. The van der Waals surface area contributed by atoms with Crippen molar-refractivity contribution < 1.29 is 9.53 Å². The van der Waals surface area contributed by atoms with Gasteiger partial charge in [0.15, 0.2) is 17.1 Å². The minimum absolute atomic E-state index is 0.116. The first-order chi connectivity index (χ1) is 16.0. The lowest BCUT2D eigenvalue weighted by molar-refractivity contribution is -0.113. The fourth-order valence-corrected chi connectivity index (χ4v) is 4.39. The van der Waals surface area contributed by atoms with Gasteiger partial charge in [0.1, 0.15) is 5.75 Å². The number of allylic oxidation sites excluding steroid dienone is 1. The average Bonchev–Trinajstić information content (AvgIpc) is 3.21. The molecule has 1 N–H and O–H groups in total. The van der Waals surface area contributed by atoms with Gasteiger partial charge in [0, 0.05) is 22.6 Å². The van der Waals surface area contributed by atoms with E-state index in [0.717, 1.165) is 16.5 Å². The van der Waals surface area contributed by atoms with Crippen molar-refractivity contribution in [1.29, 1.82) is 0 Å². The van der Waals surface area contributed by atoms with Crippen molar-refractivity contribution in [3.63, 3.8) is 0 Å². The van der Waals surface area contributed by atoms with Crippen LogP contribution in [0.1, 0.15) is 18.9 Å². The second-order valence-electron chi connectivity index (χ2n) is 7.32. The molecule has 0 aliphatic heterocycles. The van der Waals surface area contributed by atoms with E-state index in [0.29, 0.717) is 28.3 Å². The van der Waals surface area contributed by atoms with E-state index in [1.54, 1.807) is 18.2 Å². The maximum atomic E-state index is 12.7. The van der Waals surface area contributed by atoms with Gasteiger partial charge >= 0.3 is 0 Å². The van der Waals surface area contributed by atoms with E-state index in [2.05, 4.69) is 22.1 Å². The number of fused-ring (bicyclic) bond motifs is 1. The summed E-state index contributed by atoms with van der Waals surface area (Å²) in [7, 11) is 0. The van der Waals surface area contributed by atoms with Crippen LogP contribution in [0.2, 0.25) is 5.02 Å². The van der Waals surface area contributed by atoms with Gasteiger partial charge in [-0.05, 0) is 36.6 Å². The summed E-state index contributed by atoms with van der Waals surface area (Å²) in [6.45, 7) is 6.22. The van der Waals surface area contributed by atoms with E-state index < -0.39 is 0 Å². The van der Waals surface area contributed by atoms with Crippen molar-refractivity contribution in [3.8, 4) is 5.75 Å². The molecule has 0 aliphatic rings. The monoisotopic (exact) mass is 478 g/mol. The van der Waals surface area contributed by atoms with Gasteiger partial charge in [0.2, 0.25) is 5.91 Å². The largest absolute Gasteiger partial charge is 0.483 e. The molecule has 8 heteroatoms. The average molecular weight is 479 g/mol. The molecule has 6 nitrogen and oxygen atoms in total. The van der Waals surface area contributed by atoms with Gasteiger partial charge in [-0.1, -0.05) is 71.9 Å². The second-order valence-corrected chi connectivity index (χ2v) is 8.70. The topological polar surface area (TPSA) is 69.0 Å². The summed E-state index contributed by atoms with van der Waals surface area (Å²) >= 11 is 7.37. The lowest BCUT2D eigenvalue weighted by Gasteiger charge is -2.16. The molecule has 1 heterocycles. The molecule has 0 saturated heterocycles. The Morgan fingerprint density at radius 2 is 1.97 bits per heavy atom. The molecule has 1 aromatic heterocycles. The summed E-state index contributed by atoms with van der Waals surface area (Å²) in [5, 5.41) is 14.9. The number of amides is 1. The Morgan fingerprint density at radius 1 is 1.18 bits per heavy atom. The molecule has 4 rings (SSSR count).